The molecule has 0 saturated carbocycles. The van der Waals surface area contributed by atoms with E-state index in [1.807, 2.05) is 24.4 Å². The molecule has 12 heteroatoms. The molecule has 3 aromatic rings. The van der Waals surface area contributed by atoms with Gasteiger partial charge >= 0.3 is 5.84 Å². The van der Waals surface area contributed by atoms with Crippen LogP contribution < -0.4 is 32.8 Å². The third-order valence-corrected chi connectivity index (χ3v) is 5.68. The van der Waals surface area contributed by atoms with Crippen LogP contribution in [0.3, 0.4) is 0 Å². The number of rotatable bonds is 7. The van der Waals surface area contributed by atoms with E-state index in [2.05, 4.69) is 31.1 Å². The molecule has 2 aromatic heterocycles. The largest absolute Gasteiger partial charge is 0.347 e. The number of nitrogens with zero attached hydrogens (tertiary/aromatic N) is 2. The van der Waals surface area contributed by atoms with Gasteiger partial charge in [-0.1, -0.05) is 23.7 Å². The van der Waals surface area contributed by atoms with Crippen LogP contribution in [0, 0.1) is 0 Å². The van der Waals surface area contributed by atoms with Crippen LogP contribution in [0.5, 0.6) is 0 Å². The summed E-state index contributed by atoms with van der Waals surface area (Å²) < 4.78 is 0.643. The number of carbonyl (C=O) groups excluding carboxylic acids is 2. The van der Waals surface area contributed by atoms with Gasteiger partial charge in [-0.3, -0.25) is 15.4 Å². The lowest BCUT2D eigenvalue weighted by Gasteiger charge is -2.14. The highest BCUT2D eigenvalue weighted by molar-refractivity contribution is 7.14. The lowest BCUT2D eigenvalue weighted by atomic mass is 10.1. The maximum atomic E-state index is 12.6. The van der Waals surface area contributed by atoms with Crippen molar-refractivity contribution in [2.24, 2.45) is 11.7 Å². The molecule has 0 unspecified atom stereocenters. The highest BCUT2D eigenvalue weighted by Crippen LogP contribution is 2.19. The van der Waals surface area contributed by atoms with Gasteiger partial charge in [0.1, 0.15) is 17.7 Å². The van der Waals surface area contributed by atoms with E-state index in [-0.39, 0.29) is 17.4 Å². The molecule has 0 aliphatic carbocycles. The van der Waals surface area contributed by atoms with Crippen LogP contribution in [-0.4, -0.2) is 27.6 Å². The third kappa shape index (κ3) is 5.78. The molecule has 8 N–H and O–H groups in total. The summed E-state index contributed by atoms with van der Waals surface area (Å²) in [6, 6.07) is 10.1. The molecule has 0 aliphatic heterocycles. The molecule has 1 atom stereocenters. The monoisotopic (exact) mass is 473 g/mol. The number of carbonyl (C=O) groups is 2. The molecule has 0 radical (unpaired) electrons. The SMILES string of the molecule is C[C@H](NC(=O)c1cc(C(=O)NCc2csc(Cl)c2)ncn1)c1ccc(/C(NN)=[NH+]/N)cc1. The van der Waals surface area contributed by atoms with E-state index in [0.717, 1.165) is 16.7 Å². The van der Waals surface area contributed by atoms with E-state index in [1.165, 1.54) is 23.7 Å². The Kier molecular flexibility index (Phi) is 7.71. The number of hydrazone groups is 1. The lowest BCUT2D eigenvalue weighted by Crippen LogP contribution is -2.83. The van der Waals surface area contributed by atoms with Crippen molar-refractivity contribution in [3.05, 3.63) is 80.5 Å². The molecule has 0 bridgehead atoms. The number of aromatic nitrogens is 2. The molecule has 0 spiro atoms. The second-order valence-electron chi connectivity index (χ2n) is 6.71. The number of amides is 2. The topological polar surface area (TPSA) is 162 Å². The molecule has 0 aliphatic rings. The number of amidine groups is 1. The molecule has 3 rings (SSSR count). The van der Waals surface area contributed by atoms with E-state index < -0.39 is 11.8 Å². The molecule has 32 heavy (non-hydrogen) atoms. The van der Waals surface area contributed by atoms with E-state index in [1.54, 1.807) is 18.2 Å². The van der Waals surface area contributed by atoms with E-state index in [0.29, 0.717) is 16.7 Å². The standard InChI is InChI=1S/C20H21ClN8O2S/c1-11(13-2-4-14(5-3-13)18(28-22)29-23)27-20(31)16-7-15(25-10-26-16)19(30)24-8-12-6-17(21)32-9-12/h2-7,9-11H,8,22-23H2,1H3,(H,24,30)(H,27,31)(H,28,29)/p+1/t11-/m0/s1. The Bertz CT molecular complexity index is 1130. The molecule has 1 aromatic carbocycles. The zero-order valence-electron chi connectivity index (χ0n) is 17.1. The molecule has 166 valence electrons. The van der Waals surface area contributed by atoms with Crippen LogP contribution >= 0.6 is 22.9 Å². The van der Waals surface area contributed by atoms with Gasteiger partial charge in [0.05, 0.1) is 15.9 Å². The Morgan fingerprint density at radius 1 is 1.16 bits per heavy atom. The quantitative estimate of drug-likeness (QED) is 0.119. The summed E-state index contributed by atoms with van der Waals surface area (Å²) in [5.74, 6) is 10.4. The summed E-state index contributed by atoms with van der Waals surface area (Å²) in [5, 5.41) is 9.91. The first-order chi connectivity index (χ1) is 15.4. The van der Waals surface area contributed by atoms with Crippen molar-refractivity contribution in [2.75, 3.05) is 0 Å². The number of nitrogens with one attached hydrogen (secondary N) is 4. The van der Waals surface area contributed by atoms with Crippen molar-refractivity contribution in [2.45, 2.75) is 19.5 Å². The maximum Gasteiger partial charge on any atom is 0.315 e. The fraction of sp³-hybridized carbons (Fsp3) is 0.150. The minimum Gasteiger partial charge on any atom is -0.347 e. The number of thiophene rings is 1. The van der Waals surface area contributed by atoms with Crippen LogP contribution in [0.4, 0.5) is 0 Å². The van der Waals surface area contributed by atoms with E-state index in [4.69, 9.17) is 23.3 Å². The normalized spacial score (nSPS) is 12.2. The predicted molar refractivity (Wildman–Crippen MR) is 121 cm³/mol. The Hall–Kier alpha value is -3.54. The first-order valence-electron chi connectivity index (χ1n) is 9.45. The van der Waals surface area contributed by atoms with Gasteiger partial charge in [0.2, 0.25) is 0 Å². The second-order valence-corrected chi connectivity index (χ2v) is 8.25. The van der Waals surface area contributed by atoms with Crippen molar-refractivity contribution in [1.82, 2.24) is 26.0 Å². The first kappa shape index (κ1) is 23.1. The van der Waals surface area contributed by atoms with Crippen LogP contribution in [0.2, 0.25) is 4.34 Å². The Morgan fingerprint density at radius 2 is 1.84 bits per heavy atom. The van der Waals surface area contributed by atoms with Gasteiger partial charge < -0.3 is 10.6 Å². The number of hydrogen-bond acceptors (Lipinski definition) is 7. The van der Waals surface area contributed by atoms with Crippen LogP contribution in [0.25, 0.3) is 0 Å². The number of benzene rings is 1. The summed E-state index contributed by atoms with van der Waals surface area (Å²) in [7, 11) is 0. The van der Waals surface area contributed by atoms with E-state index in [9.17, 15) is 9.59 Å². The summed E-state index contributed by atoms with van der Waals surface area (Å²) >= 11 is 7.28. The Balaban J connectivity index is 1.63. The number of halogens is 1. The first-order valence-corrected chi connectivity index (χ1v) is 10.7. The van der Waals surface area contributed by atoms with Gasteiger partial charge in [-0.05, 0) is 41.6 Å². The zero-order chi connectivity index (χ0) is 23.1. The lowest BCUT2D eigenvalue weighted by molar-refractivity contribution is -0.471. The fourth-order valence-corrected chi connectivity index (χ4v) is 3.73. The van der Waals surface area contributed by atoms with Crippen molar-refractivity contribution in [3.63, 3.8) is 0 Å². The van der Waals surface area contributed by atoms with Crippen molar-refractivity contribution < 1.29 is 14.7 Å². The van der Waals surface area contributed by atoms with Gasteiger partial charge in [-0.25, -0.2) is 9.97 Å². The summed E-state index contributed by atoms with van der Waals surface area (Å²) in [6.45, 7) is 2.14. The van der Waals surface area contributed by atoms with Gasteiger partial charge in [-0.15, -0.1) is 11.3 Å². The third-order valence-electron chi connectivity index (χ3n) is 4.54. The van der Waals surface area contributed by atoms with Crippen LogP contribution in [0.1, 0.15) is 50.6 Å². The molecule has 0 saturated heterocycles. The van der Waals surface area contributed by atoms with Gasteiger partial charge in [0, 0.05) is 12.6 Å². The molecule has 2 heterocycles. The van der Waals surface area contributed by atoms with Crippen molar-refractivity contribution in [1.29, 1.82) is 0 Å². The number of nitrogens with two attached hydrogens (primary N) is 2. The van der Waals surface area contributed by atoms with Crippen LogP contribution in [0.15, 0.2) is 48.1 Å². The Labute approximate surface area is 193 Å². The fourth-order valence-electron chi connectivity index (χ4n) is 2.82. The van der Waals surface area contributed by atoms with E-state index >= 15 is 0 Å². The zero-order valence-corrected chi connectivity index (χ0v) is 18.6. The van der Waals surface area contributed by atoms with Gasteiger partial charge in [0.15, 0.2) is 0 Å². The molecular formula is C20H22ClN8O2S+. The second kappa shape index (κ2) is 10.7. The average molecular weight is 474 g/mol. The summed E-state index contributed by atoms with van der Waals surface area (Å²) in [4.78, 5) is 33.0. The van der Waals surface area contributed by atoms with Crippen molar-refractivity contribution >= 4 is 40.6 Å². The Morgan fingerprint density at radius 3 is 2.44 bits per heavy atom. The number of hydrogen-bond donors (Lipinski definition) is 6. The average Bonchev–Trinajstić information content (AvgIpc) is 3.23. The molecule has 0 fully saturated rings. The summed E-state index contributed by atoms with van der Waals surface area (Å²) in [6.07, 6.45) is 1.18. The number of hydrazine groups is 2. The van der Waals surface area contributed by atoms with Gasteiger partial charge in [-0.2, -0.15) is 16.4 Å². The molecular weight excluding hydrogens is 452 g/mol. The highest BCUT2D eigenvalue weighted by atomic mass is 35.5. The minimum absolute atomic E-state index is 0.0856. The summed E-state index contributed by atoms with van der Waals surface area (Å²) in [5.41, 5.74) is 5.14. The minimum atomic E-state index is -0.429. The maximum absolute atomic E-state index is 12.6. The van der Waals surface area contributed by atoms with Crippen LogP contribution in [-0.2, 0) is 6.54 Å². The van der Waals surface area contributed by atoms with Crippen molar-refractivity contribution in [3.8, 4) is 0 Å². The molecule has 10 nitrogen and oxygen atoms in total. The smallest absolute Gasteiger partial charge is 0.315 e. The van der Waals surface area contributed by atoms with Gasteiger partial charge in [0.25, 0.3) is 11.8 Å². The highest BCUT2D eigenvalue weighted by Gasteiger charge is 2.17. The molecule has 2 amide bonds. The predicted octanol–water partition coefficient (Wildman–Crippen LogP) is -0.223.